The van der Waals surface area contributed by atoms with Crippen molar-refractivity contribution in [1.29, 1.82) is 0 Å². The average Bonchev–Trinajstić information content (AvgIpc) is 3.14. The van der Waals surface area contributed by atoms with Crippen molar-refractivity contribution in [2.24, 2.45) is 0 Å². The first-order valence-electron chi connectivity index (χ1n) is 10.5. The monoisotopic (exact) mass is 398 g/mol. The largest absolute Gasteiger partial charge is 0.394 e. The minimum Gasteiger partial charge on any atom is -0.394 e. The second kappa shape index (κ2) is 9.31. The number of hydrogen-bond donors (Lipinski definition) is 3. The normalized spacial score (nSPS) is 14.1. The first-order valence-corrected chi connectivity index (χ1v) is 10.5. The van der Waals surface area contributed by atoms with E-state index in [-0.39, 0.29) is 18.7 Å². The Morgan fingerprint density at radius 3 is 2.48 bits per heavy atom. The van der Waals surface area contributed by atoms with Gasteiger partial charge in [0.1, 0.15) is 5.69 Å². The van der Waals surface area contributed by atoms with Crippen LogP contribution in [-0.2, 0) is 6.54 Å². The van der Waals surface area contributed by atoms with Gasteiger partial charge in [0.15, 0.2) is 11.6 Å². The standard InChI is InChI=1S/C22H34N6O/c1-6-18(13-29)24-22-25-20(19-21(26-22)28(14-23-19)16(4)5)27(15(2)3)12-17-10-8-7-9-11-17/h7-11,15-16,18,23,29H,6,12-14H2,1-5H3,(H,24,25,26)/t18-/m1/s1. The predicted octanol–water partition coefficient (Wildman–Crippen LogP) is 3.67. The Morgan fingerprint density at radius 1 is 1.17 bits per heavy atom. The lowest BCUT2D eigenvalue weighted by atomic mass is 10.2. The molecule has 3 rings (SSSR count). The molecule has 0 saturated carbocycles. The molecule has 3 N–H and O–H groups in total. The van der Waals surface area contributed by atoms with Crippen molar-refractivity contribution < 1.29 is 5.11 Å². The summed E-state index contributed by atoms with van der Waals surface area (Å²) >= 11 is 0. The molecule has 0 aliphatic carbocycles. The van der Waals surface area contributed by atoms with Crippen LogP contribution in [0.25, 0.3) is 0 Å². The molecule has 2 aromatic rings. The topological polar surface area (TPSA) is 76.5 Å². The summed E-state index contributed by atoms with van der Waals surface area (Å²) < 4.78 is 0. The number of aliphatic hydroxyl groups excluding tert-OH is 1. The van der Waals surface area contributed by atoms with Crippen LogP contribution in [0.4, 0.5) is 23.3 Å². The van der Waals surface area contributed by atoms with E-state index in [0.29, 0.717) is 18.7 Å². The molecule has 7 heteroatoms. The lowest BCUT2D eigenvalue weighted by molar-refractivity contribution is 0.271. The van der Waals surface area contributed by atoms with Gasteiger partial charge < -0.3 is 25.5 Å². The molecule has 1 aromatic carbocycles. The summed E-state index contributed by atoms with van der Waals surface area (Å²) in [5.74, 6) is 2.37. The highest BCUT2D eigenvalue weighted by Gasteiger charge is 2.30. The van der Waals surface area contributed by atoms with E-state index < -0.39 is 0 Å². The zero-order chi connectivity index (χ0) is 21.0. The molecule has 0 bridgehead atoms. The van der Waals surface area contributed by atoms with Crippen LogP contribution in [0.2, 0.25) is 0 Å². The van der Waals surface area contributed by atoms with Crippen LogP contribution < -0.4 is 20.4 Å². The van der Waals surface area contributed by atoms with Crippen molar-refractivity contribution >= 4 is 23.3 Å². The van der Waals surface area contributed by atoms with Gasteiger partial charge in [-0.2, -0.15) is 9.97 Å². The van der Waals surface area contributed by atoms with Gasteiger partial charge in [-0.15, -0.1) is 0 Å². The fourth-order valence-electron chi connectivity index (χ4n) is 3.48. The molecule has 158 valence electrons. The van der Waals surface area contributed by atoms with Crippen LogP contribution in [0.1, 0.15) is 46.6 Å². The molecule has 0 radical (unpaired) electrons. The van der Waals surface area contributed by atoms with Crippen molar-refractivity contribution in [1.82, 2.24) is 9.97 Å². The minimum absolute atomic E-state index is 0.0519. The first-order chi connectivity index (χ1) is 13.9. The third kappa shape index (κ3) is 4.72. The Hall–Kier alpha value is -2.54. The highest BCUT2D eigenvalue weighted by molar-refractivity contribution is 5.83. The van der Waals surface area contributed by atoms with Gasteiger partial charge in [-0.25, -0.2) is 0 Å². The lowest BCUT2D eigenvalue weighted by Crippen LogP contribution is -2.32. The van der Waals surface area contributed by atoms with Gasteiger partial charge in [0.2, 0.25) is 5.95 Å². The second-order valence-electron chi connectivity index (χ2n) is 8.11. The maximum atomic E-state index is 9.63. The number of aromatic nitrogens is 2. The van der Waals surface area contributed by atoms with Crippen LogP contribution >= 0.6 is 0 Å². The molecule has 0 unspecified atom stereocenters. The van der Waals surface area contributed by atoms with Gasteiger partial charge in [-0.3, -0.25) is 0 Å². The molecule has 1 atom stereocenters. The molecule has 1 aliphatic heterocycles. The molecule has 1 aliphatic rings. The minimum atomic E-state index is -0.0654. The molecular weight excluding hydrogens is 364 g/mol. The predicted molar refractivity (Wildman–Crippen MR) is 121 cm³/mol. The van der Waals surface area contributed by atoms with E-state index in [1.165, 1.54) is 5.56 Å². The fourth-order valence-corrected chi connectivity index (χ4v) is 3.48. The second-order valence-corrected chi connectivity index (χ2v) is 8.11. The highest BCUT2D eigenvalue weighted by atomic mass is 16.3. The van der Waals surface area contributed by atoms with Crippen LogP contribution in [0.3, 0.4) is 0 Å². The number of benzene rings is 1. The summed E-state index contributed by atoms with van der Waals surface area (Å²) in [7, 11) is 0. The van der Waals surface area contributed by atoms with Crippen LogP contribution in [-0.4, -0.2) is 46.5 Å². The van der Waals surface area contributed by atoms with E-state index in [2.05, 4.69) is 72.4 Å². The van der Waals surface area contributed by atoms with Crippen molar-refractivity contribution in [3.63, 3.8) is 0 Å². The molecule has 1 aromatic heterocycles. The maximum absolute atomic E-state index is 9.63. The van der Waals surface area contributed by atoms with Crippen LogP contribution in [0, 0.1) is 0 Å². The van der Waals surface area contributed by atoms with Crippen LogP contribution in [0.5, 0.6) is 0 Å². The Labute approximate surface area is 174 Å². The zero-order valence-corrected chi connectivity index (χ0v) is 18.2. The Balaban J connectivity index is 2.05. The molecule has 2 heterocycles. The van der Waals surface area contributed by atoms with Gasteiger partial charge in [-0.05, 0) is 39.7 Å². The van der Waals surface area contributed by atoms with Crippen molar-refractivity contribution in [3.05, 3.63) is 35.9 Å². The van der Waals surface area contributed by atoms with E-state index in [4.69, 9.17) is 9.97 Å². The van der Waals surface area contributed by atoms with Crippen molar-refractivity contribution in [2.75, 3.05) is 33.7 Å². The number of anilines is 4. The molecule has 0 saturated heterocycles. The smallest absolute Gasteiger partial charge is 0.227 e. The van der Waals surface area contributed by atoms with Gasteiger partial charge in [0, 0.05) is 18.6 Å². The molecule has 7 nitrogen and oxygen atoms in total. The Kier molecular flexibility index (Phi) is 6.79. The van der Waals surface area contributed by atoms with E-state index in [1.807, 2.05) is 13.0 Å². The molecule has 0 spiro atoms. The molecular formula is C22H34N6O. The number of fused-ring (bicyclic) bond motifs is 1. The van der Waals surface area contributed by atoms with Crippen LogP contribution in [0.15, 0.2) is 30.3 Å². The summed E-state index contributed by atoms with van der Waals surface area (Å²) in [6.07, 6.45) is 0.802. The summed E-state index contributed by atoms with van der Waals surface area (Å²) in [5.41, 5.74) is 2.22. The van der Waals surface area contributed by atoms with E-state index in [0.717, 1.165) is 30.3 Å². The summed E-state index contributed by atoms with van der Waals surface area (Å²) in [5, 5.41) is 16.5. The summed E-state index contributed by atoms with van der Waals surface area (Å²) in [6.45, 7) is 12.3. The third-order valence-electron chi connectivity index (χ3n) is 5.33. The van der Waals surface area contributed by atoms with E-state index >= 15 is 0 Å². The van der Waals surface area contributed by atoms with Gasteiger partial charge in [0.25, 0.3) is 0 Å². The Bertz CT molecular complexity index is 791. The van der Waals surface area contributed by atoms with Gasteiger partial charge in [-0.1, -0.05) is 37.3 Å². The average molecular weight is 399 g/mol. The van der Waals surface area contributed by atoms with E-state index in [1.54, 1.807) is 0 Å². The SMILES string of the molecule is CC[C@H](CO)Nc1nc2c(c(N(Cc3ccccc3)C(C)C)n1)NCN2C(C)C. The molecule has 0 fully saturated rings. The molecule has 0 amide bonds. The number of nitrogens with zero attached hydrogens (tertiary/aromatic N) is 4. The number of nitrogens with one attached hydrogen (secondary N) is 2. The highest BCUT2D eigenvalue weighted by Crippen LogP contribution is 2.40. The number of hydrogen-bond acceptors (Lipinski definition) is 7. The first kappa shape index (κ1) is 21.2. The zero-order valence-electron chi connectivity index (χ0n) is 18.2. The van der Waals surface area contributed by atoms with E-state index in [9.17, 15) is 5.11 Å². The van der Waals surface area contributed by atoms with Gasteiger partial charge >= 0.3 is 0 Å². The lowest BCUT2D eigenvalue weighted by Gasteiger charge is -2.30. The van der Waals surface area contributed by atoms with Crippen molar-refractivity contribution in [3.8, 4) is 0 Å². The number of rotatable bonds is 9. The fraction of sp³-hybridized carbons (Fsp3) is 0.545. The third-order valence-corrected chi connectivity index (χ3v) is 5.33. The number of aliphatic hydroxyl groups is 1. The quantitative estimate of drug-likeness (QED) is 0.595. The maximum Gasteiger partial charge on any atom is 0.227 e. The van der Waals surface area contributed by atoms with Gasteiger partial charge in [0.05, 0.1) is 19.3 Å². The molecule has 29 heavy (non-hydrogen) atoms. The Morgan fingerprint density at radius 2 is 1.90 bits per heavy atom. The summed E-state index contributed by atoms with van der Waals surface area (Å²) in [6, 6.07) is 11.0. The summed E-state index contributed by atoms with van der Waals surface area (Å²) in [4.78, 5) is 14.2. The van der Waals surface area contributed by atoms with Crippen molar-refractivity contribution in [2.45, 2.75) is 65.7 Å².